The zero-order chi connectivity index (χ0) is 19.7. The van der Waals surface area contributed by atoms with Crippen molar-refractivity contribution in [3.63, 3.8) is 0 Å². The van der Waals surface area contributed by atoms with Crippen LogP contribution in [-0.4, -0.2) is 24.7 Å². The van der Waals surface area contributed by atoms with Crippen LogP contribution < -0.4 is 0 Å². The summed E-state index contributed by atoms with van der Waals surface area (Å²) in [5.41, 5.74) is 7.20. The van der Waals surface area contributed by atoms with E-state index in [1.807, 2.05) is 70.4 Å². The maximum Gasteiger partial charge on any atom is 0.0445 e. The van der Waals surface area contributed by atoms with E-state index in [1.165, 1.54) is 0 Å². The van der Waals surface area contributed by atoms with Crippen molar-refractivity contribution in [2.24, 2.45) is 4.99 Å². The number of hydrogen-bond donors (Lipinski definition) is 0. The Morgan fingerprint density at radius 3 is 2.23 bits per heavy atom. The van der Waals surface area contributed by atoms with Gasteiger partial charge < -0.3 is 4.90 Å². The topological polar surface area (TPSA) is 15.6 Å². The smallest absolute Gasteiger partial charge is 0.0445 e. The lowest BCUT2D eigenvalue weighted by Crippen LogP contribution is -2.04. The number of benzene rings is 1. The predicted octanol–water partition coefficient (Wildman–Crippen LogP) is 6.18. The fraction of sp³-hybridized carbons (Fsp3) is 0.208. The van der Waals surface area contributed by atoms with Crippen molar-refractivity contribution in [3.8, 4) is 0 Å². The van der Waals surface area contributed by atoms with Crippen molar-refractivity contribution in [1.29, 1.82) is 0 Å². The van der Waals surface area contributed by atoms with E-state index in [-0.39, 0.29) is 0 Å². The van der Waals surface area contributed by atoms with Gasteiger partial charge in [0.1, 0.15) is 0 Å². The summed E-state index contributed by atoms with van der Waals surface area (Å²) < 4.78 is 0. The summed E-state index contributed by atoms with van der Waals surface area (Å²) in [5.74, 6) is 0. The van der Waals surface area contributed by atoms with E-state index >= 15 is 0 Å². The highest BCUT2D eigenvalue weighted by Gasteiger charge is 2.05. The third kappa shape index (κ3) is 5.89. The largest absolute Gasteiger partial charge is 0.383 e. The standard InChI is InChI=1S/C24H30N2/c1-9-20(10-2)23-14-12-13-22(15-23)19(6)25-16-24(18(4)5)21(11-3)17-26(7)8/h9-17H,1,3-4H2,2,5-8H3/b20-10+,21-17+,24-16+,25-19+. The summed E-state index contributed by atoms with van der Waals surface area (Å²) in [6, 6.07) is 8.32. The lowest BCUT2D eigenvalue weighted by molar-refractivity contribution is 0.560. The molecule has 0 N–H and O–H groups in total. The average molecular weight is 347 g/mol. The Hall–Kier alpha value is -2.87. The van der Waals surface area contributed by atoms with Crippen molar-refractivity contribution < 1.29 is 0 Å². The molecule has 1 aromatic rings. The fourth-order valence-corrected chi connectivity index (χ4v) is 2.50. The number of allylic oxidation sites excluding steroid dienone is 7. The molecule has 0 spiro atoms. The second-order valence-electron chi connectivity index (χ2n) is 6.32. The first-order valence-corrected chi connectivity index (χ1v) is 8.65. The summed E-state index contributed by atoms with van der Waals surface area (Å²) in [7, 11) is 3.97. The first-order chi connectivity index (χ1) is 12.3. The van der Waals surface area contributed by atoms with Crippen molar-refractivity contribution in [2.45, 2.75) is 20.8 Å². The van der Waals surface area contributed by atoms with E-state index in [2.05, 4.69) is 49.0 Å². The molecule has 2 nitrogen and oxygen atoms in total. The zero-order valence-electron chi connectivity index (χ0n) is 16.7. The van der Waals surface area contributed by atoms with Gasteiger partial charge in [-0.1, -0.05) is 56.2 Å². The van der Waals surface area contributed by atoms with Crippen LogP contribution in [-0.2, 0) is 0 Å². The minimum absolute atomic E-state index is 0.943. The molecule has 0 atom stereocenters. The first kappa shape index (κ1) is 21.2. The fourth-order valence-electron chi connectivity index (χ4n) is 2.50. The predicted molar refractivity (Wildman–Crippen MR) is 117 cm³/mol. The van der Waals surface area contributed by atoms with Gasteiger partial charge in [0.15, 0.2) is 0 Å². The van der Waals surface area contributed by atoms with Gasteiger partial charge in [0.2, 0.25) is 0 Å². The molecule has 1 rings (SSSR count). The molecule has 0 heterocycles. The SMILES string of the molecule is C=CC(=C\N(C)C)/C(=C/N=C(\C)c1cccc(/C(C=C)=C/C)c1)C(=C)C. The number of aliphatic imine (C=N–C) groups is 1. The van der Waals surface area contributed by atoms with E-state index in [1.54, 1.807) is 0 Å². The molecule has 0 saturated heterocycles. The molecule has 0 radical (unpaired) electrons. The van der Waals surface area contributed by atoms with E-state index in [0.29, 0.717) is 0 Å². The molecule has 0 aromatic heterocycles. The molecule has 0 bridgehead atoms. The van der Waals surface area contributed by atoms with Gasteiger partial charge in [-0.3, -0.25) is 4.99 Å². The summed E-state index contributed by atoms with van der Waals surface area (Å²) in [6.07, 6.45) is 9.63. The van der Waals surface area contributed by atoms with Crippen LogP contribution in [0, 0.1) is 0 Å². The second kappa shape index (κ2) is 10.2. The van der Waals surface area contributed by atoms with Crippen LogP contribution in [0.25, 0.3) is 5.57 Å². The van der Waals surface area contributed by atoms with Crippen molar-refractivity contribution >= 4 is 11.3 Å². The molecule has 26 heavy (non-hydrogen) atoms. The molecule has 0 aliphatic rings. The van der Waals surface area contributed by atoms with E-state index < -0.39 is 0 Å². The summed E-state index contributed by atoms with van der Waals surface area (Å²) >= 11 is 0. The Kier molecular flexibility index (Phi) is 8.30. The molecule has 0 saturated carbocycles. The highest BCUT2D eigenvalue weighted by molar-refractivity contribution is 6.00. The highest BCUT2D eigenvalue weighted by Crippen LogP contribution is 2.21. The third-order valence-electron chi connectivity index (χ3n) is 3.92. The Labute approximate surface area is 159 Å². The highest BCUT2D eigenvalue weighted by atomic mass is 15.0. The Morgan fingerprint density at radius 2 is 1.73 bits per heavy atom. The number of hydrogen-bond acceptors (Lipinski definition) is 2. The molecule has 136 valence electrons. The summed E-state index contributed by atoms with van der Waals surface area (Å²) in [6.45, 7) is 17.9. The van der Waals surface area contributed by atoms with Crippen LogP contribution >= 0.6 is 0 Å². The van der Waals surface area contributed by atoms with Gasteiger partial charge >= 0.3 is 0 Å². The van der Waals surface area contributed by atoms with Gasteiger partial charge in [-0.25, -0.2) is 0 Å². The Bertz CT molecular complexity index is 799. The quantitative estimate of drug-likeness (QED) is 0.405. The molecule has 0 aliphatic heterocycles. The summed E-state index contributed by atoms with van der Waals surface area (Å²) in [4.78, 5) is 6.67. The second-order valence-corrected chi connectivity index (χ2v) is 6.32. The third-order valence-corrected chi connectivity index (χ3v) is 3.92. The minimum Gasteiger partial charge on any atom is -0.383 e. The number of rotatable bonds is 8. The zero-order valence-corrected chi connectivity index (χ0v) is 16.7. The van der Waals surface area contributed by atoms with E-state index in [9.17, 15) is 0 Å². The van der Waals surface area contributed by atoms with Crippen LogP contribution in [0.1, 0.15) is 31.9 Å². The van der Waals surface area contributed by atoms with Gasteiger partial charge in [0.25, 0.3) is 0 Å². The lowest BCUT2D eigenvalue weighted by atomic mass is 10.0. The Balaban J connectivity index is 3.32. The van der Waals surface area contributed by atoms with Crippen LogP contribution in [0.2, 0.25) is 0 Å². The lowest BCUT2D eigenvalue weighted by Gasteiger charge is -2.12. The molecule has 2 heteroatoms. The monoisotopic (exact) mass is 346 g/mol. The average Bonchev–Trinajstić information content (AvgIpc) is 2.61. The van der Waals surface area contributed by atoms with Gasteiger partial charge in [0, 0.05) is 37.8 Å². The van der Waals surface area contributed by atoms with Gasteiger partial charge in [0.05, 0.1) is 0 Å². The first-order valence-electron chi connectivity index (χ1n) is 8.65. The normalized spacial score (nSPS) is 13.4. The maximum absolute atomic E-state index is 4.69. The van der Waals surface area contributed by atoms with Crippen molar-refractivity contribution in [2.75, 3.05) is 14.1 Å². The van der Waals surface area contributed by atoms with Crippen LogP contribution in [0.4, 0.5) is 0 Å². The van der Waals surface area contributed by atoms with Crippen molar-refractivity contribution in [1.82, 2.24) is 4.90 Å². The van der Waals surface area contributed by atoms with Crippen molar-refractivity contribution in [3.05, 3.63) is 102 Å². The molecule has 0 unspecified atom stereocenters. The molecular formula is C24H30N2. The number of nitrogens with zero attached hydrogens (tertiary/aromatic N) is 2. The van der Waals surface area contributed by atoms with E-state index in [4.69, 9.17) is 0 Å². The Morgan fingerprint density at radius 1 is 1.08 bits per heavy atom. The van der Waals surface area contributed by atoms with Gasteiger partial charge in [-0.2, -0.15) is 0 Å². The van der Waals surface area contributed by atoms with Crippen LogP contribution in [0.5, 0.6) is 0 Å². The van der Waals surface area contributed by atoms with Gasteiger partial charge in [-0.05, 0) is 54.7 Å². The molecule has 1 aromatic carbocycles. The summed E-state index contributed by atoms with van der Waals surface area (Å²) in [5, 5.41) is 0. The molecular weight excluding hydrogens is 316 g/mol. The van der Waals surface area contributed by atoms with Gasteiger partial charge in [-0.15, -0.1) is 0 Å². The molecule has 0 aliphatic carbocycles. The van der Waals surface area contributed by atoms with E-state index in [0.717, 1.165) is 39.1 Å². The van der Waals surface area contributed by atoms with Crippen LogP contribution in [0.3, 0.4) is 0 Å². The minimum atomic E-state index is 0.943. The molecule has 0 fully saturated rings. The maximum atomic E-state index is 4.69. The molecule has 0 amide bonds. The van der Waals surface area contributed by atoms with Crippen LogP contribution in [0.15, 0.2) is 96.3 Å².